The van der Waals surface area contributed by atoms with Crippen molar-refractivity contribution in [2.75, 3.05) is 6.54 Å². The van der Waals surface area contributed by atoms with E-state index in [4.69, 9.17) is 0 Å². The van der Waals surface area contributed by atoms with Crippen LogP contribution in [0.1, 0.15) is 50.6 Å². The minimum absolute atomic E-state index is 0.146. The number of carbonyl (C=O) groups excluding carboxylic acids is 2. The van der Waals surface area contributed by atoms with E-state index in [1.165, 1.54) is 27.8 Å². The van der Waals surface area contributed by atoms with E-state index in [1.54, 1.807) is 0 Å². The lowest BCUT2D eigenvalue weighted by molar-refractivity contribution is -0.137. The molecule has 6 nitrogen and oxygen atoms in total. The van der Waals surface area contributed by atoms with Gasteiger partial charge in [-0.1, -0.05) is 42.5 Å². The summed E-state index contributed by atoms with van der Waals surface area (Å²) in [4.78, 5) is 27.1. The number of nitrogens with one attached hydrogen (secondary N) is 1. The third kappa shape index (κ3) is 4.51. The van der Waals surface area contributed by atoms with E-state index in [-0.39, 0.29) is 35.8 Å². The number of hydrogen-bond donors (Lipinski definition) is 1. The first-order chi connectivity index (χ1) is 15.2. The van der Waals surface area contributed by atoms with Gasteiger partial charge in [-0.3, -0.25) is 14.3 Å². The first kappa shape index (κ1) is 21.6. The maximum absolute atomic E-state index is 12.9. The first-order valence-electron chi connectivity index (χ1n) is 10.1. The summed E-state index contributed by atoms with van der Waals surface area (Å²) in [6.45, 7) is 2.77. The van der Waals surface area contributed by atoms with E-state index in [1.807, 2.05) is 37.3 Å². The van der Waals surface area contributed by atoms with Crippen LogP contribution in [-0.2, 0) is 19.3 Å². The third-order valence-electron chi connectivity index (χ3n) is 5.40. The molecule has 2 heterocycles. The fraction of sp³-hybridized carbons (Fsp3) is 0.261. The van der Waals surface area contributed by atoms with Gasteiger partial charge in [-0.2, -0.15) is 18.3 Å². The average molecular weight is 442 g/mol. The van der Waals surface area contributed by atoms with E-state index in [9.17, 15) is 22.8 Å². The first-order valence-corrected chi connectivity index (χ1v) is 10.1. The number of alkyl halides is 3. The fourth-order valence-electron chi connectivity index (χ4n) is 3.62. The van der Waals surface area contributed by atoms with Crippen LogP contribution in [0.25, 0.3) is 0 Å². The van der Waals surface area contributed by atoms with Crippen LogP contribution in [0.15, 0.2) is 60.7 Å². The molecule has 9 heteroatoms. The number of rotatable bonds is 5. The van der Waals surface area contributed by atoms with Crippen molar-refractivity contribution in [2.45, 2.75) is 32.2 Å². The van der Waals surface area contributed by atoms with Crippen LogP contribution in [0.5, 0.6) is 0 Å². The second kappa shape index (κ2) is 8.49. The summed E-state index contributed by atoms with van der Waals surface area (Å²) < 4.78 is 39.7. The molecule has 0 saturated heterocycles. The number of nitrogens with zero attached hydrogens (tertiary/aromatic N) is 3. The highest BCUT2D eigenvalue weighted by atomic mass is 19.4. The van der Waals surface area contributed by atoms with Gasteiger partial charge in [0, 0.05) is 19.2 Å². The molecule has 0 bridgehead atoms. The van der Waals surface area contributed by atoms with E-state index in [0.717, 1.165) is 17.7 Å². The molecule has 3 aromatic rings. The highest BCUT2D eigenvalue weighted by molar-refractivity contribution is 5.98. The van der Waals surface area contributed by atoms with Crippen LogP contribution in [0, 0.1) is 0 Å². The molecule has 0 aliphatic carbocycles. The molecule has 1 atom stereocenters. The van der Waals surface area contributed by atoms with Gasteiger partial charge in [-0.15, -0.1) is 0 Å². The predicted octanol–water partition coefficient (Wildman–Crippen LogP) is 4.05. The normalized spacial score (nSPS) is 14.8. The lowest BCUT2D eigenvalue weighted by Crippen LogP contribution is -2.39. The Morgan fingerprint density at radius 1 is 1.09 bits per heavy atom. The van der Waals surface area contributed by atoms with Crippen molar-refractivity contribution in [3.05, 3.63) is 88.7 Å². The molecule has 0 saturated carbocycles. The van der Waals surface area contributed by atoms with Gasteiger partial charge in [-0.05, 0) is 30.2 Å². The van der Waals surface area contributed by atoms with Crippen molar-refractivity contribution in [3.63, 3.8) is 0 Å². The summed E-state index contributed by atoms with van der Waals surface area (Å²) in [5.74, 6) is -0.704. The molecule has 2 aromatic carbocycles. The van der Waals surface area contributed by atoms with Gasteiger partial charge in [0.1, 0.15) is 5.69 Å². The predicted molar refractivity (Wildman–Crippen MR) is 111 cm³/mol. The molecule has 1 N–H and O–H groups in total. The molecule has 1 aliphatic rings. The molecule has 1 aliphatic heterocycles. The molecular formula is C23H21F3N4O2. The van der Waals surface area contributed by atoms with Crippen LogP contribution in [0.3, 0.4) is 0 Å². The molecule has 4 rings (SSSR count). The van der Waals surface area contributed by atoms with Crippen molar-refractivity contribution >= 4 is 11.8 Å². The van der Waals surface area contributed by atoms with Crippen LogP contribution in [-0.4, -0.2) is 33.0 Å². The van der Waals surface area contributed by atoms with Crippen LogP contribution >= 0.6 is 0 Å². The molecule has 1 unspecified atom stereocenters. The Morgan fingerprint density at radius 2 is 1.78 bits per heavy atom. The fourth-order valence-corrected chi connectivity index (χ4v) is 3.62. The lowest BCUT2D eigenvalue weighted by Gasteiger charge is -2.27. The lowest BCUT2D eigenvalue weighted by atomic mass is 10.1. The van der Waals surface area contributed by atoms with Crippen molar-refractivity contribution < 1.29 is 22.8 Å². The zero-order chi connectivity index (χ0) is 22.9. The van der Waals surface area contributed by atoms with E-state index in [0.29, 0.717) is 18.7 Å². The average Bonchev–Trinajstić information content (AvgIpc) is 3.21. The zero-order valence-corrected chi connectivity index (χ0v) is 17.3. The molecule has 0 spiro atoms. The minimum Gasteiger partial charge on any atom is -0.344 e. The van der Waals surface area contributed by atoms with Crippen molar-refractivity contribution in [3.8, 4) is 0 Å². The van der Waals surface area contributed by atoms with Gasteiger partial charge < -0.3 is 10.2 Å². The number of fused-ring (bicyclic) bond motifs is 1. The molecule has 2 amide bonds. The van der Waals surface area contributed by atoms with E-state index >= 15 is 0 Å². The number of halogens is 3. The summed E-state index contributed by atoms with van der Waals surface area (Å²) in [6, 6.07) is 15.4. The van der Waals surface area contributed by atoms with Gasteiger partial charge in [0.2, 0.25) is 0 Å². The zero-order valence-electron chi connectivity index (χ0n) is 17.3. The standard InChI is InChI=1S/C23H21F3N4O2/c1-15(17-5-3-2-4-6-17)27-21(31)19-13-20-22(32)29(11-12-30(20)28-19)14-16-7-9-18(10-8-16)23(24,25)26/h2-10,13,15H,11-12,14H2,1H3,(H,27,31). The number of hydrogen-bond acceptors (Lipinski definition) is 3. The summed E-state index contributed by atoms with van der Waals surface area (Å²) in [6.07, 6.45) is -4.40. The Bertz CT molecular complexity index is 1120. The number of carbonyl (C=O) groups is 2. The summed E-state index contributed by atoms with van der Waals surface area (Å²) in [5.41, 5.74) is 1.23. The second-order valence-electron chi connectivity index (χ2n) is 7.67. The summed E-state index contributed by atoms with van der Waals surface area (Å²) in [7, 11) is 0. The number of benzene rings is 2. The number of amides is 2. The van der Waals surface area contributed by atoms with E-state index in [2.05, 4.69) is 10.4 Å². The molecule has 1 aromatic heterocycles. The van der Waals surface area contributed by atoms with Crippen molar-refractivity contribution in [2.24, 2.45) is 0 Å². The molecule has 0 fully saturated rings. The second-order valence-corrected chi connectivity index (χ2v) is 7.67. The molecule has 166 valence electrons. The Balaban J connectivity index is 1.44. The van der Waals surface area contributed by atoms with Gasteiger partial charge in [-0.25, -0.2) is 0 Å². The summed E-state index contributed by atoms with van der Waals surface area (Å²) >= 11 is 0. The Morgan fingerprint density at radius 3 is 2.44 bits per heavy atom. The maximum atomic E-state index is 12.9. The minimum atomic E-state index is -4.40. The smallest absolute Gasteiger partial charge is 0.344 e. The number of aromatic nitrogens is 2. The van der Waals surface area contributed by atoms with Crippen LogP contribution in [0.4, 0.5) is 13.2 Å². The Kier molecular flexibility index (Phi) is 5.73. The van der Waals surface area contributed by atoms with Gasteiger partial charge in [0.15, 0.2) is 5.69 Å². The molecule has 32 heavy (non-hydrogen) atoms. The highest BCUT2D eigenvalue weighted by Gasteiger charge is 2.31. The topological polar surface area (TPSA) is 67.2 Å². The monoisotopic (exact) mass is 442 g/mol. The van der Waals surface area contributed by atoms with Crippen LogP contribution in [0.2, 0.25) is 0 Å². The Labute approximate surface area is 182 Å². The van der Waals surface area contributed by atoms with Crippen molar-refractivity contribution in [1.82, 2.24) is 20.0 Å². The van der Waals surface area contributed by atoms with Crippen LogP contribution < -0.4 is 5.32 Å². The quantitative estimate of drug-likeness (QED) is 0.648. The van der Waals surface area contributed by atoms with Crippen molar-refractivity contribution in [1.29, 1.82) is 0 Å². The van der Waals surface area contributed by atoms with Gasteiger partial charge in [0.25, 0.3) is 11.8 Å². The highest BCUT2D eigenvalue weighted by Crippen LogP contribution is 2.29. The SMILES string of the molecule is CC(NC(=O)c1cc2n(n1)CCN(Cc1ccc(C(F)(F)F)cc1)C2=O)c1ccccc1. The third-order valence-corrected chi connectivity index (χ3v) is 5.40. The van der Waals surface area contributed by atoms with E-state index < -0.39 is 11.7 Å². The van der Waals surface area contributed by atoms with Gasteiger partial charge in [0.05, 0.1) is 18.2 Å². The largest absolute Gasteiger partial charge is 0.416 e. The Hall–Kier alpha value is -3.62. The summed E-state index contributed by atoms with van der Waals surface area (Å²) in [5, 5.41) is 7.13. The maximum Gasteiger partial charge on any atom is 0.416 e. The molecule has 0 radical (unpaired) electrons. The van der Waals surface area contributed by atoms with Gasteiger partial charge >= 0.3 is 6.18 Å². The molecular weight excluding hydrogens is 421 g/mol.